The highest BCUT2D eigenvalue weighted by Gasteiger charge is 2.25. The number of halogens is 1. The zero-order valence-corrected chi connectivity index (χ0v) is 9.21. The van der Waals surface area contributed by atoms with Crippen LogP contribution in [0.15, 0.2) is 30.3 Å². The molecular formula is C13H17Cl. The van der Waals surface area contributed by atoms with Crippen molar-refractivity contribution in [3.8, 4) is 0 Å². The van der Waals surface area contributed by atoms with Crippen LogP contribution in [0, 0.1) is 5.92 Å². The highest BCUT2D eigenvalue weighted by atomic mass is 35.5. The van der Waals surface area contributed by atoms with Crippen molar-refractivity contribution in [2.24, 2.45) is 5.92 Å². The van der Waals surface area contributed by atoms with Crippen LogP contribution in [-0.4, -0.2) is 5.88 Å². The summed E-state index contributed by atoms with van der Waals surface area (Å²) < 4.78 is 0. The Bertz CT molecular complexity index is 268. The van der Waals surface area contributed by atoms with Gasteiger partial charge in [0, 0.05) is 5.88 Å². The fourth-order valence-corrected chi connectivity index (χ4v) is 2.90. The molecule has 0 amide bonds. The van der Waals surface area contributed by atoms with Gasteiger partial charge in [-0.05, 0) is 30.2 Å². The molecule has 0 bridgehead atoms. The Morgan fingerprint density at radius 1 is 1.07 bits per heavy atom. The van der Waals surface area contributed by atoms with E-state index >= 15 is 0 Å². The molecule has 0 nitrogen and oxygen atoms in total. The quantitative estimate of drug-likeness (QED) is 0.640. The van der Waals surface area contributed by atoms with Crippen molar-refractivity contribution < 1.29 is 0 Å². The second kappa shape index (κ2) is 4.84. The highest BCUT2D eigenvalue weighted by molar-refractivity contribution is 6.18. The first kappa shape index (κ1) is 10.0. The largest absolute Gasteiger partial charge is 0.126 e. The molecule has 0 heterocycles. The van der Waals surface area contributed by atoms with Crippen molar-refractivity contribution in [3.63, 3.8) is 0 Å². The third-order valence-corrected chi connectivity index (χ3v) is 3.73. The molecule has 1 aliphatic carbocycles. The molecular weight excluding hydrogens is 192 g/mol. The van der Waals surface area contributed by atoms with Crippen molar-refractivity contribution in [1.82, 2.24) is 0 Å². The van der Waals surface area contributed by atoms with Gasteiger partial charge in [0.25, 0.3) is 0 Å². The summed E-state index contributed by atoms with van der Waals surface area (Å²) in [6.07, 6.45) is 5.36. The van der Waals surface area contributed by atoms with Gasteiger partial charge in [-0.3, -0.25) is 0 Å². The molecule has 0 N–H and O–H groups in total. The van der Waals surface area contributed by atoms with E-state index in [-0.39, 0.29) is 0 Å². The summed E-state index contributed by atoms with van der Waals surface area (Å²) in [5, 5.41) is 0. The van der Waals surface area contributed by atoms with E-state index in [4.69, 9.17) is 11.6 Å². The van der Waals surface area contributed by atoms with Crippen molar-refractivity contribution in [2.75, 3.05) is 5.88 Å². The van der Waals surface area contributed by atoms with E-state index < -0.39 is 0 Å². The van der Waals surface area contributed by atoms with Crippen LogP contribution >= 0.6 is 11.6 Å². The van der Waals surface area contributed by atoms with Gasteiger partial charge in [-0.15, -0.1) is 11.6 Å². The standard InChI is InChI=1S/C13H17Cl/c14-10-12-8-4-5-9-13(12)11-6-2-1-3-7-11/h1-3,6-7,12-13H,4-5,8-10H2. The van der Waals surface area contributed by atoms with Gasteiger partial charge < -0.3 is 0 Å². The Balaban J connectivity index is 2.15. The lowest BCUT2D eigenvalue weighted by Gasteiger charge is -2.30. The van der Waals surface area contributed by atoms with Gasteiger partial charge in [0.1, 0.15) is 0 Å². The number of rotatable bonds is 2. The maximum atomic E-state index is 6.02. The molecule has 14 heavy (non-hydrogen) atoms. The minimum Gasteiger partial charge on any atom is -0.126 e. The van der Waals surface area contributed by atoms with Gasteiger partial charge in [0.05, 0.1) is 0 Å². The van der Waals surface area contributed by atoms with Crippen LogP contribution in [0.1, 0.15) is 37.2 Å². The topological polar surface area (TPSA) is 0 Å². The second-order valence-electron chi connectivity index (χ2n) is 4.22. The molecule has 1 fully saturated rings. The Morgan fingerprint density at radius 2 is 1.79 bits per heavy atom. The first-order chi connectivity index (χ1) is 6.92. The lowest BCUT2D eigenvalue weighted by molar-refractivity contribution is 0.334. The monoisotopic (exact) mass is 208 g/mol. The Labute approximate surface area is 91.3 Å². The van der Waals surface area contributed by atoms with Gasteiger partial charge in [-0.1, -0.05) is 43.2 Å². The predicted octanol–water partition coefficient (Wildman–Crippen LogP) is 4.20. The van der Waals surface area contributed by atoms with Gasteiger partial charge in [-0.2, -0.15) is 0 Å². The molecule has 0 radical (unpaired) electrons. The van der Waals surface area contributed by atoms with E-state index in [0.29, 0.717) is 11.8 Å². The molecule has 2 unspecified atom stereocenters. The maximum absolute atomic E-state index is 6.02. The summed E-state index contributed by atoms with van der Waals surface area (Å²) >= 11 is 6.02. The van der Waals surface area contributed by atoms with Gasteiger partial charge in [0.15, 0.2) is 0 Å². The minimum atomic E-state index is 0.702. The molecule has 0 saturated heterocycles. The highest BCUT2D eigenvalue weighted by Crippen LogP contribution is 2.38. The molecule has 0 aromatic heterocycles. The summed E-state index contributed by atoms with van der Waals surface area (Å²) in [6.45, 7) is 0. The van der Waals surface area contributed by atoms with E-state index in [9.17, 15) is 0 Å². The Hall–Kier alpha value is -0.490. The van der Waals surface area contributed by atoms with E-state index in [1.807, 2.05) is 0 Å². The van der Waals surface area contributed by atoms with Crippen LogP contribution in [0.3, 0.4) is 0 Å². The lowest BCUT2D eigenvalue weighted by Crippen LogP contribution is -2.18. The molecule has 2 rings (SSSR count). The molecule has 1 heteroatoms. The Kier molecular flexibility index (Phi) is 3.47. The molecule has 1 aromatic carbocycles. The fourth-order valence-electron chi connectivity index (χ4n) is 2.53. The average Bonchev–Trinajstić information content (AvgIpc) is 2.30. The van der Waals surface area contributed by atoms with Crippen LogP contribution in [0.25, 0.3) is 0 Å². The van der Waals surface area contributed by atoms with Crippen LogP contribution < -0.4 is 0 Å². The third-order valence-electron chi connectivity index (χ3n) is 3.33. The molecule has 2 atom stereocenters. The summed E-state index contributed by atoms with van der Waals surface area (Å²) in [7, 11) is 0. The van der Waals surface area contributed by atoms with Crippen LogP contribution in [-0.2, 0) is 0 Å². The smallest absolute Gasteiger partial charge is 0.0257 e. The first-order valence-electron chi connectivity index (χ1n) is 5.52. The number of hydrogen-bond donors (Lipinski definition) is 0. The third kappa shape index (κ3) is 2.12. The number of hydrogen-bond acceptors (Lipinski definition) is 0. The summed E-state index contributed by atoms with van der Waals surface area (Å²) in [4.78, 5) is 0. The zero-order valence-electron chi connectivity index (χ0n) is 8.45. The van der Waals surface area contributed by atoms with Crippen molar-refractivity contribution in [1.29, 1.82) is 0 Å². The maximum Gasteiger partial charge on any atom is 0.0257 e. The number of benzene rings is 1. The van der Waals surface area contributed by atoms with Crippen molar-refractivity contribution >= 4 is 11.6 Å². The fraction of sp³-hybridized carbons (Fsp3) is 0.538. The Morgan fingerprint density at radius 3 is 2.50 bits per heavy atom. The molecule has 0 aliphatic heterocycles. The van der Waals surface area contributed by atoms with E-state index in [0.717, 1.165) is 5.88 Å². The molecule has 0 spiro atoms. The van der Waals surface area contributed by atoms with Crippen LogP contribution in [0.4, 0.5) is 0 Å². The van der Waals surface area contributed by atoms with Crippen molar-refractivity contribution in [3.05, 3.63) is 35.9 Å². The lowest BCUT2D eigenvalue weighted by atomic mass is 9.76. The SMILES string of the molecule is ClCC1CCCCC1c1ccccc1. The summed E-state index contributed by atoms with van der Waals surface area (Å²) in [5.41, 5.74) is 1.48. The van der Waals surface area contributed by atoms with E-state index in [1.165, 1.54) is 31.2 Å². The van der Waals surface area contributed by atoms with E-state index in [1.54, 1.807) is 0 Å². The number of alkyl halides is 1. The minimum absolute atomic E-state index is 0.702. The average molecular weight is 209 g/mol. The zero-order chi connectivity index (χ0) is 9.80. The first-order valence-corrected chi connectivity index (χ1v) is 6.06. The van der Waals surface area contributed by atoms with E-state index in [2.05, 4.69) is 30.3 Å². The normalized spacial score (nSPS) is 27.5. The predicted molar refractivity (Wildman–Crippen MR) is 61.9 cm³/mol. The molecule has 76 valence electrons. The van der Waals surface area contributed by atoms with Crippen molar-refractivity contribution in [2.45, 2.75) is 31.6 Å². The molecule has 1 aromatic rings. The van der Waals surface area contributed by atoms with Crippen LogP contribution in [0.2, 0.25) is 0 Å². The van der Waals surface area contributed by atoms with Gasteiger partial charge in [-0.25, -0.2) is 0 Å². The van der Waals surface area contributed by atoms with Gasteiger partial charge in [0.2, 0.25) is 0 Å². The molecule has 1 aliphatic rings. The van der Waals surface area contributed by atoms with Gasteiger partial charge >= 0.3 is 0 Å². The van der Waals surface area contributed by atoms with Crippen LogP contribution in [0.5, 0.6) is 0 Å². The molecule has 1 saturated carbocycles. The summed E-state index contributed by atoms with van der Waals surface area (Å²) in [5.74, 6) is 2.23. The second-order valence-corrected chi connectivity index (χ2v) is 4.52. The summed E-state index contributed by atoms with van der Waals surface area (Å²) in [6, 6.07) is 10.8.